The molecule has 2 aliphatic carbocycles. The van der Waals surface area contributed by atoms with Gasteiger partial charge in [0.15, 0.2) is 10.7 Å². The summed E-state index contributed by atoms with van der Waals surface area (Å²) in [5.41, 5.74) is 2.70. The fourth-order valence-electron chi connectivity index (χ4n) is 6.18. The van der Waals surface area contributed by atoms with Crippen LogP contribution in [0.25, 0.3) is 0 Å². The van der Waals surface area contributed by atoms with E-state index in [1.54, 1.807) is 33.1 Å². The van der Waals surface area contributed by atoms with Crippen LogP contribution in [0.3, 0.4) is 0 Å². The largest absolute Gasteiger partial charge is 0.384 e. The number of fused-ring (bicyclic) bond motifs is 3. The van der Waals surface area contributed by atoms with Crippen LogP contribution in [-0.4, -0.2) is 68.9 Å². The van der Waals surface area contributed by atoms with Gasteiger partial charge in [-0.2, -0.15) is 0 Å². The van der Waals surface area contributed by atoms with Crippen LogP contribution in [0.1, 0.15) is 62.6 Å². The van der Waals surface area contributed by atoms with Crippen molar-refractivity contribution in [2.45, 2.75) is 70.4 Å². The van der Waals surface area contributed by atoms with Gasteiger partial charge in [-0.1, -0.05) is 43.8 Å². The zero-order valence-corrected chi connectivity index (χ0v) is 22.9. The molecule has 7 heteroatoms. The molecule has 3 aliphatic rings. The molecule has 1 aliphatic heterocycles. The zero-order valence-electron chi connectivity index (χ0n) is 22.1. The lowest BCUT2D eigenvalue weighted by atomic mass is 9.61. The Morgan fingerprint density at radius 1 is 1.14 bits per heavy atom. The third kappa shape index (κ3) is 4.94. The molecule has 1 saturated carbocycles. The van der Waals surface area contributed by atoms with E-state index in [-0.39, 0.29) is 17.4 Å². The summed E-state index contributed by atoms with van der Waals surface area (Å²) in [6.45, 7) is 6.17. The van der Waals surface area contributed by atoms with Crippen molar-refractivity contribution in [1.82, 2.24) is 4.90 Å². The number of carbonyl (C=O) groups excluding carboxylic acids is 1. The van der Waals surface area contributed by atoms with Gasteiger partial charge in [0.1, 0.15) is 0 Å². The van der Waals surface area contributed by atoms with E-state index in [2.05, 4.69) is 32.0 Å². The van der Waals surface area contributed by atoms with Crippen LogP contribution in [0.5, 0.6) is 0 Å². The van der Waals surface area contributed by atoms with E-state index in [0.717, 1.165) is 61.4 Å². The summed E-state index contributed by atoms with van der Waals surface area (Å²) in [6, 6.07) is 6.87. The number of aliphatic imine (C=N–C) groups is 1. The van der Waals surface area contributed by atoms with E-state index in [1.165, 1.54) is 11.1 Å². The number of nitrogens with zero attached hydrogens (tertiary/aromatic N) is 2. The van der Waals surface area contributed by atoms with Gasteiger partial charge in [-0.3, -0.25) is 9.69 Å². The van der Waals surface area contributed by atoms with Crippen LogP contribution in [0.4, 0.5) is 0 Å². The van der Waals surface area contributed by atoms with Crippen molar-refractivity contribution in [2.75, 3.05) is 46.8 Å². The predicted molar refractivity (Wildman–Crippen MR) is 142 cm³/mol. The second-order valence-electron chi connectivity index (χ2n) is 10.7. The SMILES string of the molecule is COCCSC1=NC2(C(=O)N1CCOC)c1cc(CCC(C)C)ccc1CC21CCC(OC)CC1. The molecular formula is C28H42N2O4S. The van der Waals surface area contributed by atoms with E-state index in [1.807, 2.05) is 4.90 Å². The number of amidine groups is 1. The molecule has 2 spiro atoms. The summed E-state index contributed by atoms with van der Waals surface area (Å²) in [5, 5.41) is 0.817. The summed E-state index contributed by atoms with van der Waals surface area (Å²) in [7, 11) is 5.20. The van der Waals surface area contributed by atoms with Crippen LogP contribution in [-0.2, 0) is 37.4 Å². The number of carbonyl (C=O) groups is 1. The quantitative estimate of drug-likeness (QED) is 0.429. The van der Waals surface area contributed by atoms with Crippen molar-refractivity contribution in [3.8, 4) is 0 Å². The molecule has 1 fully saturated rings. The number of rotatable bonds is 10. The number of ether oxygens (including phenoxy) is 3. The van der Waals surface area contributed by atoms with Crippen molar-refractivity contribution in [1.29, 1.82) is 0 Å². The molecule has 4 rings (SSSR count). The van der Waals surface area contributed by atoms with Crippen molar-refractivity contribution in [3.63, 3.8) is 0 Å². The van der Waals surface area contributed by atoms with E-state index < -0.39 is 5.54 Å². The number of aryl methyl sites for hydroxylation is 1. The number of amides is 1. The second-order valence-corrected chi connectivity index (χ2v) is 11.8. The summed E-state index contributed by atoms with van der Waals surface area (Å²) >= 11 is 1.63. The van der Waals surface area contributed by atoms with Gasteiger partial charge in [-0.25, -0.2) is 4.99 Å². The summed E-state index contributed by atoms with van der Waals surface area (Å²) in [6.07, 6.45) is 7.19. The first-order chi connectivity index (χ1) is 16.9. The molecule has 0 saturated heterocycles. The molecule has 0 radical (unpaired) electrons. The molecule has 1 amide bonds. The Bertz CT molecular complexity index is 926. The summed E-state index contributed by atoms with van der Waals surface area (Å²) in [5.74, 6) is 1.54. The molecule has 194 valence electrons. The first-order valence-corrected chi connectivity index (χ1v) is 14.1. The molecule has 1 aromatic carbocycles. The van der Waals surface area contributed by atoms with Crippen LogP contribution < -0.4 is 0 Å². The number of hydrogen-bond acceptors (Lipinski definition) is 6. The minimum absolute atomic E-state index is 0.130. The monoisotopic (exact) mass is 502 g/mol. The highest BCUT2D eigenvalue weighted by atomic mass is 32.2. The van der Waals surface area contributed by atoms with Crippen LogP contribution >= 0.6 is 11.8 Å². The van der Waals surface area contributed by atoms with Crippen molar-refractivity contribution >= 4 is 22.8 Å². The molecule has 35 heavy (non-hydrogen) atoms. The Kier molecular flexibility index (Phi) is 8.62. The minimum atomic E-state index is -0.849. The van der Waals surface area contributed by atoms with E-state index in [4.69, 9.17) is 19.2 Å². The van der Waals surface area contributed by atoms with Gasteiger partial charge in [0.05, 0.1) is 25.9 Å². The zero-order chi connectivity index (χ0) is 25.1. The van der Waals surface area contributed by atoms with Gasteiger partial charge in [0.2, 0.25) is 0 Å². The van der Waals surface area contributed by atoms with Crippen LogP contribution in [0.2, 0.25) is 0 Å². The average Bonchev–Trinajstić information content (AvgIpc) is 3.29. The number of methoxy groups -OCH3 is 3. The van der Waals surface area contributed by atoms with Crippen LogP contribution in [0, 0.1) is 11.3 Å². The van der Waals surface area contributed by atoms with Crippen molar-refractivity contribution in [3.05, 3.63) is 34.9 Å². The molecule has 1 unspecified atom stereocenters. The van der Waals surface area contributed by atoms with Crippen molar-refractivity contribution in [2.24, 2.45) is 16.3 Å². The van der Waals surface area contributed by atoms with Gasteiger partial charge in [-0.05, 0) is 67.6 Å². The standard InChI is InChI=1S/C28H42N2O4S/c1-20(2)6-7-21-8-9-22-19-27(12-10-23(34-5)11-13-27)28(24(22)18-21)25(31)30(14-15-32-3)26(29-28)35-17-16-33-4/h8-9,18,20,23H,6-7,10-17,19H2,1-5H3. The lowest BCUT2D eigenvalue weighted by molar-refractivity contribution is -0.138. The number of hydrogen-bond donors (Lipinski definition) is 0. The number of thioether (sulfide) groups is 1. The lowest BCUT2D eigenvalue weighted by Crippen LogP contribution is -2.52. The Morgan fingerprint density at radius 3 is 2.54 bits per heavy atom. The van der Waals surface area contributed by atoms with Crippen LogP contribution in [0.15, 0.2) is 23.2 Å². The maximum atomic E-state index is 14.5. The first-order valence-electron chi connectivity index (χ1n) is 13.1. The average molecular weight is 503 g/mol. The van der Waals surface area contributed by atoms with Gasteiger partial charge in [-0.15, -0.1) is 0 Å². The Hall–Kier alpha value is -1.41. The smallest absolute Gasteiger partial charge is 0.261 e. The second kappa shape index (κ2) is 11.3. The maximum Gasteiger partial charge on any atom is 0.261 e. The predicted octanol–water partition coefficient (Wildman–Crippen LogP) is 4.83. The highest BCUT2D eigenvalue weighted by Crippen LogP contribution is 2.62. The summed E-state index contributed by atoms with van der Waals surface area (Å²) in [4.78, 5) is 21.8. The molecule has 0 bridgehead atoms. The van der Waals surface area contributed by atoms with E-state index in [9.17, 15) is 4.79 Å². The minimum Gasteiger partial charge on any atom is -0.384 e. The lowest BCUT2D eigenvalue weighted by Gasteiger charge is -2.45. The Balaban J connectivity index is 1.79. The van der Waals surface area contributed by atoms with E-state index in [0.29, 0.717) is 25.7 Å². The molecule has 0 aromatic heterocycles. The highest BCUT2D eigenvalue weighted by molar-refractivity contribution is 8.13. The van der Waals surface area contributed by atoms with E-state index >= 15 is 0 Å². The van der Waals surface area contributed by atoms with Gasteiger partial charge < -0.3 is 14.2 Å². The Labute approximate surface area is 215 Å². The molecule has 1 aromatic rings. The number of benzene rings is 1. The topological polar surface area (TPSA) is 60.4 Å². The molecule has 1 atom stereocenters. The molecule has 1 heterocycles. The fraction of sp³-hybridized carbons (Fsp3) is 0.714. The third-order valence-electron chi connectivity index (χ3n) is 8.18. The Morgan fingerprint density at radius 2 is 1.89 bits per heavy atom. The fourth-order valence-corrected chi connectivity index (χ4v) is 7.15. The highest BCUT2D eigenvalue weighted by Gasteiger charge is 2.66. The normalized spacial score (nSPS) is 27.9. The first kappa shape index (κ1) is 26.6. The van der Waals surface area contributed by atoms with Gasteiger partial charge in [0.25, 0.3) is 5.91 Å². The molecule has 6 nitrogen and oxygen atoms in total. The summed E-state index contributed by atoms with van der Waals surface area (Å²) < 4.78 is 16.4. The van der Waals surface area contributed by atoms with Crippen molar-refractivity contribution < 1.29 is 19.0 Å². The molecule has 0 N–H and O–H groups in total. The molecular weight excluding hydrogens is 460 g/mol. The third-order valence-corrected chi connectivity index (χ3v) is 9.12. The van der Waals surface area contributed by atoms with Gasteiger partial charge in [0, 0.05) is 32.5 Å². The van der Waals surface area contributed by atoms with Gasteiger partial charge >= 0.3 is 0 Å². The maximum absolute atomic E-state index is 14.5.